The van der Waals surface area contributed by atoms with Crippen molar-refractivity contribution in [3.63, 3.8) is 0 Å². The van der Waals surface area contributed by atoms with Crippen LogP contribution in [0, 0.1) is 23.5 Å². The van der Waals surface area contributed by atoms with E-state index in [2.05, 4.69) is 20.3 Å². The first-order chi connectivity index (χ1) is 15.0. The summed E-state index contributed by atoms with van der Waals surface area (Å²) in [6.07, 6.45) is 9.50. The summed E-state index contributed by atoms with van der Waals surface area (Å²) in [5.74, 6) is -1.23. The van der Waals surface area contributed by atoms with Crippen LogP contribution in [0.4, 0.5) is 14.5 Å². The predicted molar refractivity (Wildman–Crippen MR) is 112 cm³/mol. The first-order valence-electron chi connectivity index (χ1n) is 10.7. The van der Waals surface area contributed by atoms with Gasteiger partial charge in [-0.15, -0.1) is 0 Å². The number of carbonyl (C=O) groups is 1. The molecule has 2 bridgehead atoms. The van der Waals surface area contributed by atoms with Crippen LogP contribution in [0.15, 0.2) is 30.7 Å². The Hall–Kier alpha value is -3.03. The minimum atomic E-state index is -0.540. The van der Waals surface area contributed by atoms with Crippen molar-refractivity contribution in [2.75, 3.05) is 12.4 Å². The summed E-state index contributed by atoms with van der Waals surface area (Å²) in [6.45, 7) is 0. The number of nitrogens with one attached hydrogen (secondary N) is 2. The van der Waals surface area contributed by atoms with Crippen LogP contribution in [-0.2, 0) is 9.53 Å². The van der Waals surface area contributed by atoms with Gasteiger partial charge in [-0.05, 0) is 43.7 Å². The molecule has 8 heteroatoms. The molecule has 2 fully saturated rings. The second kappa shape index (κ2) is 7.59. The number of carbonyl (C=O) groups excluding carboxylic acids is 1. The average Bonchev–Trinajstić information content (AvgIpc) is 3.17. The van der Waals surface area contributed by atoms with E-state index in [1.165, 1.54) is 13.2 Å². The van der Waals surface area contributed by atoms with Crippen LogP contribution in [-0.4, -0.2) is 33.6 Å². The Morgan fingerprint density at radius 3 is 2.71 bits per heavy atom. The second-order valence-corrected chi connectivity index (χ2v) is 8.63. The lowest BCUT2D eigenvalue weighted by atomic mass is 9.59. The second-order valence-electron chi connectivity index (χ2n) is 8.63. The van der Waals surface area contributed by atoms with Gasteiger partial charge in [0.2, 0.25) is 0 Å². The summed E-state index contributed by atoms with van der Waals surface area (Å²) in [5, 5.41) is 3.98. The van der Waals surface area contributed by atoms with Crippen molar-refractivity contribution in [1.29, 1.82) is 0 Å². The van der Waals surface area contributed by atoms with Crippen molar-refractivity contribution in [2.45, 2.75) is 44.1 Å². The molecule has 0 amide bonds. The zero-order valence-electron chi connectivity index (χ0n) is 17.3. The highest BCUT2D eigenvalue weighted by Crippen LogP contribution is 2.49. The molecule has 6 nitrogen and oxygen atoms in total. The van der Waals surface area contributed by atoms with Crippen LogP contribution in [0.3, 0.4) is 0 Å². The minimum Gasteiger partial charge on any atom is -0.469 e. The smallest absolute Gasteiger partial charge is 0.311 e. The number of hydrogen-bond acceptors (Lipinski definition) is 5. The van der Waals surface area contributed by atoms with Crippen molar-refractivity contribution in [3.8, 4) is 11.3 Å². The normalized spacial score (nSPS) is 25.4. The third-order valence-corrected chi connectivity index (χ3v) is 6.93. The highest BCUT2D eigenvalue weighted by atomic mass is 19.1. The van der Waals surface area contributed by atoms with Crippen LogP contribution in [0.25, 0.3) is 22.3 Å². The summed E-state index contributed by atoms with van der Waals surface area (Å²) in [7, 11) is 1.41. The maximum Gasteiger partial charge on any atom is 0.311 e. The third kappa shape index (κ3) is 3.34. The maximum atomic E-state index is 14.9. The molecule has 2 saturated carbocycles. The van der Waals surface area contributed by atoms with Crippen molar-refractivity contribution in [1.82, 2.24) is 15.0 Å². The van der Waals surface area contributed by atoms with Crippen molar-refractivity contribution >= 4 is 22.7 Å². The van der Waals surface area contributed by atoms with Gasteiger partial charge in [0.25, 0.3) is 0 Å². The van der Waals surface area contributed by atoms with Crippen LogP contribution >= 0.6 is 0 Å². The highest BCUT2D eigenvalue weighted by molar-refractivity contribution is 5.93. The SMILES string of the molecule is COC(=O)C1C2CCCC1(Nc1cc(-c3c[nH]c4ncc(F)cc34)ncc1F)CCC2. The molecule has 2 aliphatic rings. The Bertz CT molecular complexity index is 1140. The number of pyridine rings is 2. The van der Waals surface area contributed by atoms with Crippen LogP contribution in [0.1, 0.15) is 38.5 Å². The minimum absolute atomic E-state index is 0.232. The molecule has 31 heavy (non-hydrogen) atoms. The standard InChI is InChI=1S/C23H24F2N4O2/c1-31-22(30)20-13-4-2-6-23(20,7-3-5-13)29-19-9-18(26-12-17(19)25)16-11-28-21-15(16)8-14(24)10-27-21/h8-13,20H,2-7H2,1H3,(H,26,29)(H,27,28). The Balaban J connectivity index is 1.55. The molecular formula is C23H24F2N4O2. The zero-order chi connectivity index (χ0) is 21.6. The summed E-state index contributed by atoms with van der Waals surface area (Å²) in [4.78, 5) is 23.9. The van der Waals surface area contributed by atoms with Crippen LogP contribution in [0.5, 0.6) is 0 Å². The molecule has 0 spiro atoms. The van der Waals surface area contributed by atoms with Gasteiger partial charge in [0, 0.05) is 17.1 Å². The number of esters is 1. The van der Waals surface area contributed by atoms with E-state index in [0.717, 1.165) is 50.9 Å². The highest BCUT2D eigenvalue weighted by Gasteiger charge is 2.52. The van der Waals surface area contributed by atoms with Crippen molar-refractivity contribution in [2.24, 2.45) is 11.8 Å². The van der Waals surface area contributed by atoms with Gasteiger partial charge in [-0.3, -0.25) is 9.78 Å². The number of fused-ring (bicyclic) bond motifs is 3. The molecule has 1 unspecified atom stereocenters. The van der Waals surface area contributed by atoms with Crippen molar-refractivity contribution in [3.05, 3.63) is 42.4 Å². The van der Waals surface area contributed by atoms with Gasteiger partial charge in [-0.2, -0.15) is 0 Å². The van der Waals surface area contributed by atoms with Gasteiger partial charge in [0.05, 0.1) is 42.3 Å². The number of H-pyrrole nitrogens is 1. The zero-order valence-corrected chi connectivity index (χ0v) is 17.3. The van der Waals surface area contributed by atoms with Gasteiger partial charge in [0.15, 0.2) is 5.82 Å². The maximum absolute atomic E-state index is 14.9. The first-order valence-corrected chi connectivity index (χ1v) is 10.7. The van der Waals surface area contributed by atoms with E-state index in [4.69, 9.17) is 4.74 Å². The number of aromatic amines is 1. The number of nitrogens with zero attached hydrogens (tertiary/aromatic N) is 2. The molecular weight excluding hydrogens is 402 g/mol. The summed E-state index contributed by atoms with van der Waals surface area (Å²) in [6, 6.07) is 3.01. The van der Waals surface area contributed by atoms with E-state index >= 15 is 0 Å². The van der Waals surface area contributed by atoms with Gasteiger partial charge < -0.3 is 15.0 Å². The molecule has 2 aliphatic carbocycles. The Kier molecular flexibility index (Phi) is 4.87. The molecule has 3 aromatic heterocycles. The van der Waals surface area contributed by atoms with Crippen molar-refractivity contribution < 1.29 is 18.3 Å². The largest absolute Gasteiger partial charge is 0.469 e. The Labute approximate surface area is 178 Å². The van der Waals surface area contributed by atoms with Gasteiger partial charge >= 0.3 is 5.97 Å². The lowest BCUT2D eigenvalue weighted by Gasteiger charge is -2.51. The molecule has 162 valence electrons. The lowest BCUT2D eigenvalue weighted by molar-refractivity contribution is -0.153. The quantitative estimate of drug-likeness (QED) is 0.585. The molecule has 0 aliphatic heterocycles. The molecule has 0 aromatic carbocycles. The van der Waals surface area contributed by atoms with E-state index in [1.807, 2.05) is 0 Å². The van der Waals surface area contributed by atoms with Crippen LogP contribution < -0.4 is 5.32 Å². The third-order valence-electron chi connectivity index (χ3n) is 6.93. The molecule has 3 heterocycles. The lowest BCUT2D eigenvalue weighted by Crippen LogP contribution is -2.57. The van der Waals surface area contributed by atoms with Gasteiger partial charge in [-0.1, -0.05) is 12.8 Å². The molecule has 0 saturated heterocycles. The number of hydrogen-bond donors (Lipinski definition) is 2. The Morgan fingerprint density at radius 2 is 1.97 bits per heavy atom. The van der Waals surface area contributed by atoms with Crippen LogP contribution in [0.2, 0.25) is 0 Å². The summed E-state index contributed by atoms with van der Waals surface area (Å²) in [5.41, 5.74) is 1.42. The molecule has 1 atom stereocenters. The first kappa shape index (κ1) is 19.9. The molecule has 0 radical (unpaired) electrons. The molecule has 2 N–H and O–H groups in total. The fourth-order valence-electron chi connectivity index (χ4n) is 5.61. The van der Waals surface area contributed by atoms with Gasteiger partial charge in [0.1, 0.15) is 11.5 Å². The van der Waals surface area contributed by atoms with E-state index in [-0.39, 0.29) is 17.8 Å². The summed E-state index contributed by atoms with van der Waals surface area (Å²) < 4.78 is 33.7. The average molecular weight is 426 g/mol. The fraction of sp³-hybridized carbons (Fsp3) is 0.435. The van der Waals surface area contributed by atoms with Gasteiger partial charge in [-0.25, -0.2) is 13.8 Å². The number of ether oxygens (including phenoxy) is 1. The Morgan fingerprint density at radius 1 is 1.19 bits per heavy atom. The van der Waals surface area contributed by atoms with E-state index in [1.54, 1.807) is 12.3 Å². The predicted octanol–water partition coefficient (Wildman–Crippen LogP) is 4.83. The van der Waals surface area contributed by atoms with E-state index in [9.17, 15) is 13.6 Å². The fourth-order valence-corrected chi connectivity index (χ4v) is 5.61. The molecule has 3 aromatic rings. The number of halogens is 2. The number of methoxy groups -OCH3 is 1. The number of rotatable bonds is 4. The number of aromatic nitrogens is 3. The topological polar surface area (TPSA) is 79.9 Å². The van der Waals surface area contributed by atoms with E-state index in [0.29, 0.717) is 28.0 Å². The summed E-state index contributed by atoms with van der Waals surface area (Å²) >= 11 is 0. The van der Waals surface area contributed by atoms with E-state index < -0.39 is 17.2 Å². The number of anilines is 1. The molecule has 5 rings (SSSR count). The monoisotopic (exact) mass is 426 g/mol.